The standard InChI is InChI=1S/C27H29N5O5/c1-3-13-30-18-24(33)31-22(14-25(34)35)26(36)29(16-21-11-9-19(2)10-12-21)17-23(31)32(30)27(37)28-15-20-7-5-4-6-8-20/h1,4-12,22-23H,13-18H2,2H3,(H,28,37)(H,34,35)/t22-,23-/m0/s1. The second-order valence-corrected chi connectivity index (χ2v) is 9.12. The number of carboxylic acids is 1. The summed E-state index contributed by atoms with van der Waals surface area (Å²) in [5, 5.41) is 15.2. The Morgan fingerprint density at radius 2 is 1.78 bits per heavy atom. The lowest BCUT2D eigenvalue weighted by molar-refractivity contribution is -0.190. The Morgan fingerprint density at radius 3 is 2.43 bits per heavy atom. The molecule has 0 unspecified atom stereocenters. The monoisotopic (exact) mass is 503 g/mol. The van der Waals surface area contributed by atoms with Gasteiger partial charge in [-0.3, -0.25) is 14.4 Å². The maximum absolute atomic E-state index is 13.5. The van der Waals surface area contributed by atoms with Crippen LogP contribution in [-0.4, -0.2) is 80.6 Å². The molecule has 2 aromatic rings. The first-order valence-electron chi connectivity index (χ1n) is 11.9. The Morgan fingerprint density at radius 1 is 1.08 bits per heavy atom. The number of urea groups is 1. The number of aryl methyl sites for hydroxylation is 1. The zero-order valence-electron chi connectivity index (χ0n) is 20.5. The maximum atomic E-state index is 13.5. The van der Waals surface area contributed by atoms with Crippen LogP contribution in [-0.2, 0) is 27.5 Å². The topological polar surface area (TPSA) is 114 Å². The Balaban J connectivity index is 1.66. The van der Waals surface area contributed by atoms with Gasteiger partial charge in [-0.05, 0) is 18.1 Å². The van der Waals surface area contributed by atoms with E-state index in [1.807, 2.05) is 61.5 Å². The minimum absolute atomic E-state index is 0.00833. The lowest BCUT2D eigenvalue weighted by atomic mass is 10.0. The highest BCUT2D eigenvalue weighted by atomic mass is 16.4. The van der Waals surface area contributed by atoms with Crippen molar-refractivity contribution < 1.29 is 24.3 Å². The van der Waals surface area contributed by atoms with E-state index >= 15 is 0 Å². The number of aliphatic carboxylic acids is 1. The number of carbonyl (C=O) groups excluding carboxylic acids is 3. The summed E-state index contributed by atoms with van der Waals surface area (Å²) in [7, 11) is 0. The number of carbonyl (C=O) groups is 4. The van der Waals surface area contributed by atoms with Crippen LogP contribution in [0.4, 0.5) is 4.79 Å². The number of nitrogens with zero attached hydrogens (tertiary/aromatic N) is 4. The van der Waals surface area contributed by atoms with Crippen molar-refractivity contribution >= 4 is 23.8 Å². The van der Waals surface area contributed by atoms with E-state index in [2.05, 4.69) is 11.2 Å². The molecule has 10 heteroatoms. The molecule has 2 atom stereocenters. The molecule has 0 saturated carbocycles. The van der Waals surface area contributed by atoms with Gasteiger partial charge in [0, 0.05) is 13.1 Å². The molecule has 4 amide bonds. The van der Waals surface area contributed by atoms with Crippen LogP contribution in [0.25, 0.3) is 0 Å². The van der Waals surface area contributed by atoms with Crippen molar-refractivity contribution in [2.45, 2.75) is 38.6 Å². The number of piperazine rings is 1. The Bertz CT molecular complexity index is 1210. The average molecular weight is 504 g/mol. The number of terminal acetylenes is 1. The zero-order chi connectivity index (χ0) is 26.5. The van der Waals surface area contributed by atoms with Crippen LogP contribution in [0, 0.1) is 19.3 Å². The molecular weight excluding hydrogens is 474 g/mol. The molecule has 192 valence electrons. The molecule has 2 saturated heterocycles. The fourth-order valence-corrected chi connectivity index (χ4v) is 4.71. The van der Waals surface area contributed by atoms with Gasteiger partial charge in [0.15, 0.2) is 0 Å². The highest BCUT2D eigenvalue weighted by Gasteiger charge is 2.51. The molecule has 37 heavy (non-hydrogen) atoms. The molecule has 2 aliphatic heterocycles. The number of nitrogens with one attached hydrogen (secondary N) is 1. The molecule has 4 rings (SSSR count). The Kier molecular flexibility index (Phi) is 7.74. The van der Waals surface area contributed by atoms with E-state index in [1.54, 1.807) is 0 Å². The SMILES string of the molecule is C#CCN1CC(=O)N2[C@@H](CC(=O)O)C(=O)N(Cc3ccc(C)cc3)C[C@@H]2N1C(=O)NCc1ccccc1. The number of hydrogen-bond acceptors (Lipinski definition) is 5. The fraction of sp³-hybridized carbons (Fsp3) is 0.333. The van der Waals surface area contributed by atoms with Crippen molar-refractivity contribution in [3.63, 3.8) is 0 Å². The van der Waals surface area contributed by atoms with E-state index in [0.29, 0.717) is 0 Å². The molecule has 0 radical (unpaired) electrons. The lowest BCUT2D eigenvalue weighted by Gasteiger charge is -2.54. The average Bonchev–Trinajstić information content (AvgIpc) is 2.87. The number of amides is 4. The smallest absolute Gasteiger partial charge is 0.334 e. The summed E-state index contributed by atoms with van der Waals surface area (Å²) in [6, 6.07) is 15.2. The number of hydrogen-bond donors (Lipinski definition) is 2. The third-order valence-corrected chi connectivity index (χ3v) is 6.46. The third kappa shape index (κ3) is 5.73. The second kappa shape index (κ2) is 11.1. The second-order valence-electron chi connectivity index (χ2n) is 9.12. The predicted octanol–water partition coefficient (Wildman–Crippen LogP) is 1.41. The van der Waals surface area contributed by atoms with E-state index in [-0.39, 0.29) is 32.7 Å². The molecule has 2 heterocycles. The van der Waals surface area contributed by atoms with Crippen molar-refractivity contribution in [2.24, 2.45) is 0 Å². The van der Waals surface area contributed by atoms with Crippen LogP contribution in [0.2, 0.25) is 0 Å². The lowest BCUT2D eigenvalue weighted by Crippen LogP contribution is -2.76. The Hall–Kier alpha value is -4.36. The quantitative estimate of drug-likeness (QED) is 0.553. The minimum Gasteiger partial charge on any atom is -0.481 e. The van der Waals surface area contributed by atoms with Crippen molar-refractivity contribution in [3.05, 3.63) is 71.3 Å². The van der Waals surface area contributed by atoms with Gasteiger partial charge in [-0.15, -0.1) is 6.42 Å². The summed E-state index contributed by atoms with van der Waals surface area (Å²) in [6.07, 6.45) is 4.05. The normalized spacial score (nSPS) is 19.8. The van der Waals surface area contributed by atoms with Gasteiger partial charge in [-0.1, -0.05) is 66.1 Å². The molecule has 0 bridgehead atoms. The van der Waals surface area contributed by atoms with E-state index in [9.17, 15) is 24.3 Å². The fourth-order valence-electron chi connectivity index (χ4n) is 4.71. The number of fused-ring (bicyclic) bond motifs is 1. The summed E-state index contributed by atoms with van der Waals surface area (Å²) >= 11 is 0. The summed E-state index contributed by atoms with van der Waals surface area (Å²) < 4.78 is 0. The van der Waals surface area contributed by atoms with Crippen molar-refractivity contribution in [2.75, 3.05) is 19.6 Å². The molecule has 0 aromatic heterocycles. The molecule has 2 fully saturated rings. The van der Waals surface area contributed by atoms with Gasteiger partial charge < -0.3 is 20.2 Å². The highest BCUT2D eigenvalue weighted by Crippen LogP contribution is 2.29. The first-order chi connectivity index (χ1) is 17.8. The molecule has 0 aliphatic carbocycles. The van der Waals surface area contributed by atoms with Gasteiger partial charge in [-0.25, -0.2) is 9.80 Å². The summed E-state index contributed by atoms with van der Waals surface area (Å²) in [4.78, 5) is 54.5. The van der Waals surface area contributed by atoms with Crippen LogP contribution in [0.1, 0.15) is 23.1 Å². The van der Waals surface area contributed by atoms with Gasteiger partial charge >= 0.3 is 12.0 Å². The minimum atomic E-state index is -1.24. The van der Waals surface area contributed by atoms with Gasteiger partial charge in [0.05, 0.1) is 26.1 Å². The van der Waals surface area contributed by atoms with Crippen LogP contribution in [0.3, 0.4) is 0 Å². The van der Waals surface area contributed by atoms with Gasteiger partial charge in [0.1, 0.15) is 12.2 Å². The van der Waals surface area contributed by atoms with E-state index in [1.165, 1.54) is 19.8 Å². The summed E-state index contributed by atoms with van der Waals surface area (Å²) in [5.41, 5.74) is 2.80. The summed E-state index contributed by atoms with van der Waals surface area (Å²) in [5.74, 6) is 0.339. The summed E-state index contributed by atoms with van der Waals surface area (Å²) in [6.45, 7) is 2.16. The van der Waals surface area contributed by atoms with E-state index < -0.39 is 42.4 Å². The maximum Gasteiger partial charge on any atom is 0.334 e. The van der Waals surface area contributed by atoms with E-state index in [0.717, 1.165) is 16.7 Å². The first kappa shape index (κ1) is 25.7. The van der Waals surface area contributed by atoms with Crippen LogP contribution in [0.15, 0.2) is 54.6 Å². The molecule has 2 aromatic carbocycles. The number of hydrazine groups is 1. The molecule has 0 spiro atoms. The number of rotatable bonds is 7. The third-order valence-electron chi connectivity index (χ3n) is 6.46. The van der Waals surface area contributed by atoms with Gasteiger partial charge in [-0.2, -0.15) is 5.01 Å². The molecule has 2 aliphatic rings. The Labute approximate surface area is 215 Å². The van der Waals surface area contributed by atoms with Crippen LogP contribution in [0.5, 0.6) is 0 Å². The van der Waals surface area contributed by atoms with Gasteiger partial charge in [0.2, 0.25) is 11.8 Å². The first-order valence-corrected chi connectivity index (χ1v) is 11.9. The van der Waals surface area contributed by atoms with Crippen LogP contribution < -0.4 is 5.32 Å². The van der Waals surface area contributed by atoms with Crippen LogP contribution >= 0.6 is 0 Å². The van der Waals surface area contributed by atoms with E-state index in [4.69, 9.17) is 6.42 Å². The van der Waals surface area contributed by atoms with Crippen molar-refractivity contribution in [3.8, 4) is 12.3 Å². The number of benzene rings is 2. The number of carboxylic acid groups (broad SMARTS) is 1. The molecule has 10 nitrogen and oxygen atoms in total. The molecule has 2 N–H and O–H groups in total. The zero-order valence-corrected chi connectivity index (χ0v) is 20.5. The van der Waals surface area contributed by atoms with Crippen molar-refractivity contribution in [1.82, 2.24) is 25.1 Å². The highest BCUT2D eigenvalue weighted by molar-refractivity contribution is 5.93. The largest absolute Gasteiger partial charge is 0.481 e. The predicted molar refractivity (Wildman–Crippen MR) is 134 cm³/mol. The van der Waals surface area contributed by atoms with Gasteiger partial charge in [0.25, 0.3) is 0 Å². The van der Waals surface area contributed by atoms with Crippen molar-refractivity contribution in [1.29, 1.82) is 0 Å². The molecular formula is C27H29N5O5.